The van der Waals surface area contributed by atoms with Crippen molar-refractivity contribution in [1.82, 2.24) is 9.97 Å². The number of carbonyl (C=O) groups excluding carboxylic acids is 1. The third kappa shape index (κ3) is 5.02. The summed E-state index contributed by atoms with van der Waals surface area (Å²) in [5.41, 5.74) is 3.21. The highest BCUT2D eigenvalue weighted by molar-refractivity contribution is 5.93. The van der Waals surface area contributed by atoms with Crippen molar-refractivity contribution in [2.45, 2.75) is 33.1 Å². The molecule has 3 aromatic rings. The molecule has 0 saturated carbocycles. The summed E-state index contributed by atoms with van der Waals surface area (Å²) < 4.78 is 6.02. The van der Waals surface area contributed by atoms with E-state index in [9.17, 15) is 4.79 Å². The number of carbonyl (C=O) groups is 1. The van der Waals surface area contributed by atoms with Crippen molar-refractivity contribution in [3.8, 4) is 11.6 Å². The Bertz CT molecular complexity index is 1040. The monoisotopic (exact) mass is 416 g/mol. The zero-order valence-electron chi connectivity index (χ0n) is 18.0. The molecule has 160 valence electrons. The predicted octanol–water partition coefficient (Wildman–Crippen LogP) is 4.99. The fourth-order valence-electron chi connectivity index (χ4n) is 3.89. The van der Waals surface area contributed by atoms with Crippen LogP contribution in [0.5, 0.6) is 11.6 Å². The van der Waals surface area contributed by atoms with Crippen LogP contribution in [0.2, 0.25) is 0 Å². The summed E-state index contributed by atoms with van der Waals surface area (Å²) in [6.07, 6.45) is 5.94. The van der Waals surface area contributed by atoms with Crippen LogP contribution in [0, 0.1) is 12.8 Å². The number of benzene rings is 2. The minimum Gasteiger partial charge on any atom is -0.436 e. The first-order valence-electron chi connectivity index (χ1n) is 10.8. The molecule has 1 aromatic heterocycles. The fraction of sp³-hybridized carbons (Fsp3) is 0.320. The van der Waals surface area contributed by atoms with Crippen molar-refractivity contribution in [1.29, 1.82) is 0 Å². The average Bonchev–Trinajstić information content (AvgIpc) is 2.81. The minimum absolute atomic E-state index is 0.0514. The van der Waals surface area contributed by atoms with E-state index in [2.05, 4.69) is 33.2 Å². The van der Waals surface area contributed by atoms with E-state index in [0.717, 1.165) is 42.8 Å². The molecular formula is C25H28N4O2. The first-order chi connectivity index (χ1) is 15.1. The summed E-state index contributed by atoms with van der Waals surface area (Å²) in [6, 6.07) is 15.8. The van der Waals surface area contributed by atoms with Gasteiger partial charge in [-0.1, -0.05) is 42.8 Å². The Hall–Kier alpha value is -3.41. The van der Waals surface area contributed by atoms with E-state index in [0.29, 0.717) is 18.2 Å². The van der Waals surface area contributed by atoms with Gasteiger partial charge < -0.3 is 15.0 Å². The summed E-state index contributed by atoms with van der Waals surface area (Å²) >= 11 is 0. The highest BCUT2D eigenvalue weighted by Gasteiger charge is 2.29. The standard InChI is InChI=1S/C25H28N4O2/c1-3-19-7-4-5-9-22(19)28-24(30)20-8-6-16-29(17-20)23-25(27-15-14-26-23)31-21-12-10-18(2)11-13-21/h4-5,7,9-15,20H,3,6,8,16-17H2,1-2H3,(H,28,30)/t20-/m0/s1. The van der Waals surface area contributed by atoms with Crippen molar-refractivity contribution in [2.75, 3.05) is 23.3 Å². The minimum atomic E-state index is -0.118. The number of piperidine rings is 1. The highest BCUT2D eigenvalue weighted by atomic mass is 16.5. The van der Waals surface area contributed by atoms with Crippen LogP contribution in [0.25, 0.3) is 0 Å². The zero-order chi connectivity index (χ0) is 21.6. The molecule has 1 N–H and O–H groups in total. The summed E-state index contributed by atoms with van der Waals surface area (Å²) in [5, 5.41) is 3.13. The molecule has 1 fully saturated rings. The summed E-state index contributed by atoms with van der Waals surface area (Å²) in [7, 11) is 0. The van der Waals surface area contributed by atoms with Crippen LogP contribution in [0.15, 0.2) is 60.9 Å². The quantitative estimate of drug-likeness (QED) is 0.613. The molecule has 2 heterocycles. The van der Waals surface area contributed by atoms with Gasteiger partial charge in [0, 0.05) is 31.2 Å². The smallest absolute Gasteiger partial charge is 0.263 e. The molecule has 1 aliphatic heterocycles. The lowest BCUT2D eigenvalue weighted by Gasteiger charge is -2.33. The predicted molar refractivity (Wildman–Crippen MR) is 123 cm³/mol. The molecule has 4 rings (SSSR count). The van der Waals surface area contributed by atoms with Crippen LogP contribution < -0.4 is 15.0 Å². The van der Waals surface area contributed by atoms with Crippen molar-refractivity contribution >= 4 is 17.4 Å². The number of hydrogen-bond donors (Lipinski definition) is 1. The molecule has 0 spiro atoms. The molecule has 1 saturated heterocycles. The molecule has 6 nitrogen and oxygen atoms in total. The van der Waals surface area contributed by atoms with Gasteiger partial charge in [0.05, 0.1) is 5.92 Å². The van der Waals surface area contributed by atoms with Gasteiger partial charge in [-0.05, 0) is 49.9 Å². The summed E-state index contributed by atoms with van der Waals surface area (Å²) in [4.78, 5) is 24.1. The Balaban J connectivity index is 1.48. The third-order valence-corrected chi connectivity index (χ3v) is 5.63. The number of aromatic nitrogens is 2. The maximum Gasteiger partial charge on any atom is 0.263 e. The second-order valence-corrected chi connectivity index (χ2v) is 7.89. The van der Waals surface area contributed by atoms with Crippen LogP contribution >= 0.6 is 0 Å². The lowest BCUT2D eigenvalue weighted by Crippen LogP contribution is -2.41. The number of para-hydroxylation sites is 1. The van der Waals surface area contributed by atoms with Crippen LogP contribution in [0.1, 0.15) is 30.9 Å². The molecule has 1 aliphatic rings. The van der Waals surface area contributed by atoms with Crippen LogP contribution in [-0.2, 0) is 11.2 Å². The molecule has 1 amide bonds. The third-order valence-electron chi connectivity index (χ3n) is 5.63. The van der Waals surface area contributed by atoms with E-state index in [-0.39, 0.29) is 11.8 Å². The maximum atomic E-state index is 13.0. The lowest BCUT2D eigenvalue weighted by molar-refractivity contribution is -0.120. The lowest BCUT2D eigenvalue weighted by atomic mass is 9.96. The van der Waals surface area contributed by atoms with E-state index in [4.69, 9.17) is 4.74 Å². The molecular weight excluding hydrogens is 388 g/mol. The van der Waals surface area contributed by atoms with Crippen LogP contribution in [0.3, 0.4) is 0 Å². The van der Waals surface area contributed by atoms with Gasteiger partial charge in [0.15, 0.2) is 5.82 Å². The van der Waals surface area contributed by atoms with E-state index in [1.54, 1.807) is 12.4 Å². The summed E-state index contributed by atoms with van der Waals surface area (Å²) in [6.45, 7) is 5.54. The molecule has 0 bridgehead atoms. The fourth-order valence-corrected chi connectivity index (χ4v) is 3.89. The van der Waals surface area contributed by atoms with Crippen molar-refractivity contribution < 1.29 is 9.53 Å². The zero-order valence-corrected chi connectivity index (χ0v) is 18.0. The van der Waals surface area contributed by atoms with Crippen LogP contribution in [-0.4, -0.2) is 29.0 Å². The first kappa shape index (κ1) is 20.8. The highest BCUT2D eigenvalue weighted by Crippen LogP contribution is 2.31. The molecule has 0 aliphatic carbocycles. The Labute approximate surface area is 183 Å². The first-order valence-corrected chi connectivity index (χ1v) is 10.8. The number of nitrogens with zero attached hydrogens (tertiary/aromatic N) is 3. The van der Waals surface area contributed by atoms with Gasteiger partial charge in [0.1, 0.15) is 5.75 Å². The molecule has 0 unspecified atom stereocenters. The Morgan fingerprint density at radius 3 is 2.71 bits per heavy atom. The largest absolute Gasteiger partial charge is 0.436 e. The topological polar surface area (TPSA) is 67.4 Å². The molecule has 31 heavy (non-hydrogen) atoms. The van der Waals surface area contributed by atoms with Gasteiger partial charge in [-0.25, -0.2) is 9.97 Å². The molecule has 2 aromatic carbocycles. The van der Waals surface area contributed by atoms with E-state index < -0.39 is 0 Å². The SMILES string of the molecule is CCc1ccccc1NC(=O)[C@H]1CCCN(c2nccnc2Oc2ccc(C)cc2)C1. The molecule has 6 heteroatoms. The van der Waals surface area contributed by atoms with Gasteiger partial charge in [0.25, 0.3) is 5.88 Å². The number of nitrogens with one attached hydrogen (secondary N) is 1. The van der Waals surface area contributed by atoms with E-state index in [1.807, 2.05) is 49.4 Å². The number of amides is 1. The van der Waals surface area contributed by atoms with Gasteiger partial charge in [0.2, 0.25) is 5.91 Å². The number of ether oxygens (including phenoxy) is 1. The number of rotatable bonds is 6. The average molecular weight is 417 g/mol. The van der Waals surface area contributed by atoms with Crippen LogP contribution in [0.4, 0.5) is 11.5 Å². The van der Waals surface area contributed by atoms with Crippen molar-refractivity contribution in [3.63, 3.8) is 0 Å². The van der Waals surface area contributed by atoms with Gasteiger partial charge in [-0.2, -0.15) is 0 Å². The van der Waals surface area contributed by atoms with Gasteiger partial charge >= 0.3 is 0 Å². The Morgan fingerprint density at radius 1 is 1.13 bits per heavy atom. The van der Waals surface area contributed by atoms with E-state index >= 15 is 0 Å². The van der Waals surface area contributed by atoms with Crippen molar-refractivity contribution in [2.24, 2.45) is 5.92 Å². The summed E-state index contributed by atoms with van der Waals surface area (Å²) in [5.74, 6) is 1.79. The van der Waals surface area contributed by atoms with Gasteiger partial charge in [-0.15, -0.1) is 0 Å². The Morgan fingerprint density at radius 2 is 1.90 bits per heavy atom. The normalized spacial score (nSPS) is 16.1. The number of hydrogen-bond acceptors (Lipinski definition) is 5. The molecule has 1 atom stereocenters. The van der Waals surface area contributed by atoms with Gasteiger partial charge in [-0.3, -0.25) is 4.79 Å². The van der Waals surface area contributed by atoms with Crippen molar-refractivity contribution in [3.05, 3.63) is 72.1 Å². The Kier molecular flexibility index (Phi) is 6.46. The van der Waals surface area contributed by atoms with E-state index in [1.165, 1.54) is 5.56 Å². The number of anilines is 2. The number of aryl methyl sites for hydroxylation is 2. The second kappa shape index (κ2) is 9.60. The maximum absolute atomic E-state index is 13.0. The molecule has 0 radical (unpaired) electrons. The second-order valence-electron chi connectivity index (χ2n) is 7.89.